The minimum absolute atomic E-state index is 0.0497. The molecule has 1 aromatic carbocycles. The number of halogens is 1. The summed E-state index contributed by atoms with van der Waals surface area (Å²) in [6.45, 7) is 2.82. The van der Waals surface area contributed by atoms with Crippen molar-refractivity contribution in [2.75, 3.05) is 25.7 Å². The molecule has 0 spiro atoms. The van der Waals surface area contributed by atoms with E-state index in [-0.39, 0.29) is 5.91 Å². The van der Waals surface area contributed by atoms with Gasteiger partial charge in [0.05, 0.1) is 11.6 Å². The largest absolute Gasteiger partial charge is 0.496 e. The number of hydrogen-bond donors (Lipinski definition) is 1. The van der Waals surface area contributed by atoms with Gasteiger partial charge in [-0.05, 0) is 52.1 Å². The molecule has 0 saturated carbocycles. The highest BCUT2D eigenvalue weighted by molar-refractivity contribution is 9.10. The Morgan fingerprint density at radius 2 is 2.28 bits per heavy atom. The van der Waals surface area contributed by atoms with Gasteiger partial charge in [-0.1, -0.05) is 6.92 Å². The van der Waals surface area contributed by atoms with E-state index >= 15 is 0 Å². The first-order valence-corrected chi connectivity index (χ1v) is 7.87. The molecule has 0 aromatic heterocycles. The molecule has 0 radical (unpaired) electrons. The van der Waals surface area contributed by atoms with Gasteiger partial charge in [-0.2, -0.15) is 11.8 Å². The zero-order chi connectivity index (χ0) is 13.5. The molecule has 0 aliphatic rings. The zero-order valence-electron chi connectivity index (χ0n) is 10.8. The van der Waals surface area contributed by atoms with E-state index in [0.717, 1.165) is 16.0 Å². The molecule has 0 fully saturated rings. The number of ether oxygens (including phenoxy) is 1. The van der Waals surface area contributed by atoms with Crippen molar-refractivity contribution in [3.05, 3.63) is 28.2 Å². The van der Waals surface area contributed by atoms with Crippen LogP contribution in [0.4, 0.5) is 0 Å². The van der Waals surface area contributed by atoms with Crippen LogP contribution in [0.3, 0.4) is 0 Å². The fourth-order valence-electron chi connectivity index (χ4n) is 1.52. The molecule has 0 heterocycles. The summed E-state index contributed by atoms with van der Waals surface area (Å²) < 4.78 is 5.92. The molecule has 1 aromatic rings. The Hall–Kier alpha value is -0.680. The Morgan fingerprint density at radius 1 is 1.56 bits per heavy atom. The average Bonchev–Trinajstić information content (AvgIpc) is 2.36. The lowest BCUT2D eigenvalue weighted by molar-refractivity contribution is 0.0949. The van der Waals surface area contributed by atoms with Crippen LogP contribution in [0.2, 0.25) is 0 Å². The van der Waals surface area contributed by atoms with E-state index in [0.29, 0.717) is 18.0 Å². The fourth-order valence-corrected chi connectivity index (χ4v) is 2.75. The Kier molecular flexibility index (Phi) is 6.57. The Bertz CT molecular complexity index is 412. The van der Waals surface area contributed by atoms with Crippen LogP contribution in [0.25, 0.3) is 0 Å². The third-order valence-electron chi connectivity index (χ3n) is 2.48. The second kappa shape index (κ2) is 7.69. The van der Waals surface area contributed by atoms with E-state index in [1.165, 1.54) is 0 Å². The summed E-state index contributed by atoms with van der Waals surface area (Å²) in [4.78, 5) is 11.9. The predicted octanol–water partition coefficient (Wildman–Crippen LogP) is 3.19. The number of methoxy groups -OCH3 is 1. The van der Waals surface area contributed by atoms with Crippen molar-refractivity contribution in [3.8, 4) is 5.75 Å². The maximum atomic E-state index is 11.9. The summed E-state index contributed by atoms with van der Waals surface area (Å²) in [5.41, 5.74) is 0.638. The first-order chi connectivity index (χ1) is 8.58. The SMILES string of the molecule is COc1ccc(C(=O)NCC(C)CSC)cc1Br. The summed E-state index contributed by atoms with van der Waals surface area (Å²) in [5.74, 6) is 2.20. The molecule has 1 unspecified atom stereocenters. The molecule has 0 saturated heterocycles. The molecule has 1 N–H and O–H groups in total. The topological polar surface area (TPSA) is 38.3 Å². The third-order valence-corrected chi connectivity index (χ3v) is 4.00. The number of carbonyl (C=O) groups excluding carboxylic acids is 1. The van der Waals surface area contributed by atoms with Crippen molar-refractivity contribution in [2.45, 2.75) is 6.92 Å². The molecule has 1 rings (SSSR count). The van der Waals surface area contributed by atoms with Crippen LogP contribution in [-0.4, -0.2) is 31.6 Å². The van der Waals surface area contributed by atoms with Gasteiger partial charge in [0.25, 0.3) is 5.91 Å². The van der Waals surface area contributed by atoms with Crippen molar-refractivity contribution in [2.24, 2.45) is 5.92 Å². The molecular weight excluding hydrogens is 314 g/mol. The van der Waals surface area contributed by atoms with Crippen molar-refractivity contribution in [1.82, 2.24) is 5.32 Å². The molecular formula is C13H18BrNO2S. The molecule has 18 heavy (non-hydrogen) atoms. The highest BCUT2D eigenvalue weighted by Gasteiger charge is 2.10. The van der Waals surface area contributed by atoms with E-state index in [4.69, 9.17) is 4.74 Å². The van der Waals surface area contributed by atoms with E-state index in [9.17, 15) is 4.79 Å². The number of rotatable bonds is 6. The second-order valence-corrected chi connectivity index (χ2v) is 5.88. The number of amides is 1. The van der Waals surface area contributed by atoms with Crippen molar-refractivity contribution < 1.29 is 9.53 Å². The lowest BCUT2D eigenvalue weighted by Gasteiger charge is -2.11. The minimum atomic E-state index is -0.0497. The number of carbonyl (C=O) groups is 1. The monoisotopic (exact) mass is 331 g/mol. The highest BCUT2D eigenvalue weighted by atomic mass is 79.9. The van der Waals surface area contributed by atoms with E-state index in [1.54, 1.807) is 37.1 Å². The van der Waals surface area contributed by atoms with Gasteiger partial charge in [0, 0.05) is 12.1 Å². The molecule has 1 amide bonds. The van der Waals surface area contributed by atoms with Crippen LogP contribution >= 0.6 is 27.7 Å². The first-order valence-electron chi connectivity index (χ1n) is 5.69. The first kappa shape index (κ1) is 15.4. The molecule has 3 nitrogen and oxygen atoms in total. The van der Waals surface area contributed by atoms with Gasteiger partial charge >= 0.3 is 0 Å². The fraction of sp³-hybridized carbons (Fsp3) is 0.462. The van der Waals surface area contributed by atoms with Gasteiger partial charge in [-0.3, -0.25) is 4.79 Å². The van der Waals surface area contributed by atoms with Crippen molar-refractivity contribution >= 4 is 33.6 Å². The normalized spacial score (nSPS) is 12.0. The Balaban J connectivity index is 2.59. The highest BCUT2D eigenvalue weighted by Crippen LogP contribution is 2.25. The van der Waals surface area contributed by atoms with Crippen molar-refractivity contribution in [1.29, 1.82) is 0 Å². The van der Waals surface area contributed by atoms with Gasteiger partial charge in [0.1, 0.15) is 5.75 Å². The molecule has 0 aliphatic carbocycles. The molecule has 5 heteroatoms. The summed E-state index contributed by atoms with van der Waals surface area (Å²) >= 11 is 5.16. The van der Waals surface area contributed by atoms with Gasteiger partial charge in [0.15, 0.2) is 0 Å². The lowest BCUT2D eigenvalue weighted by atomic mass is 10.2. The summed E-state index contributed by atoms with van der Waals surface area (Å²) in [5, 5.41) is 2.93. The zero-order valence-corrected chi connectivity index (χ0v) is 13.2. The van der Waals surface area contributed by atoms with Gasteiger partial charge in [0.2, 0.25) is 0 Å². The van der Waals surface area contributed by atoms with E-state index in [1.807, 2.05) is 0 Å². The quantitative estimate of drug-likeness (QED) is 0.869. The average molecular weight is 332 g/mol. The molecule has 100 valence electrons. The van der Waals surface area contributed by atoms with Crippen LogP contribution in [0.5, 0.6) is 5.75 Å². The third kappa shape index (κ3) is 4.53. The summed E-state index contributed by atoms with van der Waals surface area (Å²) in [7, 11) is 1.60. The van der Waals surface area contributed by atoms with Crippen LogP contribution < -0.4 is 10.1 Å². The maximum Gasteiger partial charge on any atom is 0.251 e. The number of benzene rings is 1. The summed E-state index contributed by atoms with van der Waals surface area (Å²) in [6.07, 6.45) is 2.07. The minimum Gasteiger partial charge on any atom is -0.496 e. The van der Waals surface area contributed by atoms with Gasteiger partial charge < -0.3 is 10.1 Å². The molecule has 1 atom stereocenters. The van der Waals surface area contributed by atoms with Crippen LogP contribution in [0.15, 0.2) is 22.7 Å². The Morgan fingerprint density at radius 3 is 2.83 bits per heavy atom. The van der Waals surface area contributed by atoms with Crippen LogP contribution in [0, 0.1) is 5.92 Å². The maximum absolute atomic E-state index is 11.9. The molecule has 0 aliphatic heterocycles. The number of nitrogens with one attached hydrogen (secondary N) is 1. The van der Waals surface area contributed by atoms with Crippen LogP contribution in [0.1, 0.15) is 17.3 Å². The van der Waals surface area contributed by atoms with Gasteiger partial charge in [-0.25, -0.2) is 0 Å². The van der Waals surface area contributed by atoms with E-state index < -0.39 is 0 Å². The standard InChI is InChI=1S/C13H18BrNO2S/c1-9(8-18-3)7-15-13(16)10-4-5-12(17-2)11(14)6-10/h4-6,9H,7-8H2,1-3H3,(H,15,16). The number of hydrogen-bond acceptors (Lipinski definition) is 3. The van der Waals surface area contributed by atoms with Crippen LogP contribution in [-0.2, 0) is 0 Å². The van der Waals surface area contributed by atoms with Crippen molar-refractivity contribution in [3.63, 3.8) is 0 Å². The Labute approximate surface area is 121 Å². The predicted molar refractivity (Wildman–Crippen MR) is 80.6 cm³/mol. The number of thioether (sulfide) groups is 1. The summed E-state index contributed by atoms with van der Waals surface area (Å²) in [6, 6.07) is 5.32. The lowest BCUT2D eigenvalue weighted by Crippen LogP contribution is -2.29. The molecule has 0 bridgehead atoms. The smallest absolute Gasteiger partial charge is 0.251 e. The second-order valence-electron chi connectivity index (χ2n) is 4.12. The van der Waals surface area contributed by atoms with E-state index in [2.05, 4.69) is 34.4 Å². The van der Waals surface area contributed by atoms with Gasteiger partial charge in [-0.15, -0.1) is 0 Å².